The van der Waals surface area contributed by atoms with Crippen LogP contribution in [0.2, 0.25) is 0 Å². The zero-order chi connectivity index (χ0) is 19.1. The minimum absolute atomic E-state index is 0.342. The Bertz CT molecular complexity index is 985. The van der Waals surface area contributed by atoms with Crippen molar-refractivity contribution in [3.8, 4) is 0 Å². The summed E-state index contributed by atoms with van der Waals surface area (Å²) in [7, 11) is 0. The monoisotopic (exact) mass is 379 g/mol. The molecule has 1 N–H and O–H groups in total. The van der Waals surface area contributed by atoms with E-state index >= 15 is 0 Å². The van der Waals surface area contributed by atoms with Gasteiger partial charge in [-0.05, 0) is 32.8 Å². The molecule has 5 rings (SSSR count). The summed E-state index contributed by atoms with van der Waals surface area (Å²) in [5, 5.41) is 3.32. The third-order valence-corrected chi connectivity index (χ3v) is 5.81. The molecule has 0 atom stereocenters. The van der Waals surface area contributed by atoms with Gasteiger partial charge in [0.2, 0.25) is 5.95 Å². The molecule has 2 aliphatic rings. The third-order valence-electron chi connectivity index (χ3n) is 5.81. The van der Waals surface area contributed by atoms with Gasteiger partial charge in [-0.1, -0.05) is 0 Å². The molecule has 8 nitrogen and oxygen atoms in total. The van der Waals surface area contributed by atoms with E-state index in [2.05, 4.69) is 43.6 Å². The van der Waals surface area contributed by atoms with Crippen LogP contribution < -0.4 is 10.2 Å². The lowest BCUT2D eigenvalue weighted by molar-refractivity contribution is -0.000730. The van der Waals surface area contributed by atoms with Crippen molar-refractivity contribution in [3.05, 3.63) is 30.9 Å². The van der Waals surface area contributed by atoms with Crippen LogP contribution in [0.15, 0.2) is 30.9 Å². The Balaban J connectivity index is 1.33. The maximum Gasteiger partial charge on any atom is 0.227 e. The number of ether oxygens (including phenoxy) is 1. The van der Waals surface area contributed by atoms with E-state index in [9.17, 15) is 0 Å². The lowest BCUT2D eigenvalue weighted by Gasteiger charge is -2.52. The van der Waals surface area contributed by atoms with Crippen molar-refractivity contribution >= 4 is 28.6 Å². The van der Waals surface area contributed by atoms with Gasteiger partial charge in [-0.2, -0.15) is 4.98 Å². The van der Waals surface area contributed by atoms with Crippen molar-refractivity contribution in [2.24, 2.45) is 5.41 Å². The zero-order valence-electron chi connectivity index (χ0n) is 16.3. The van der Waals surface area contributed by atoms with Crippen molar-refractivity contribution in [3.63, 3.8) is 0 Å². The Morgan fingerprint density at radius 3 is 2.71 bits per heavy atom. The fourth-order valence-corrected chi connectivity index (χ4v) is 4.14. The largest absolute Gasteiger partial charge is 0.381 e. The Labute approximate surface area is 164 Å². The molecule has 8 heteroatoms. The third kappa shape index (κ3) is 3.07. The molecule has 146 valence electrons. The van der Waals surface area contributed by atoms with Gasteiger partial charge in [0.1, 0.15) is 17.2 Å². The molecule has 0 amide bonds. The van der Waals surface area contributed by atoms with E-state index in [1.807, 2.05) is 18.5 Å². The van der Waals surface area contributed by atoms with E-state index < -0.39 is 0 Å². The summed E-state index contributed by atoms with van der Waals surface area (Å²) in [6, 6.07) is 4.24. The van der Waals surface area contributed by atoms with Crippen LogP contribution in [0.5, 0.6) is 0 Å². The van der Waals surface area contributed by atoms with Crippen LogP contribution in [0, 0.1) is 5.41 Å². The molecule has 0 unspecified atom stereocenters. The summed E-state index contributed by atoms with van der Waals surface area (Å²) < 4.78 is 7.64. The number of pyridine rings is 1. The first-order valence-electron chi connectivity index (χ1n) is 9.87. The Kier molecular flexibility index (Phi) is 4.16. The second-order valence-corrected chi connectivity index (χ2v) is 8.14. The molecular weight excluding hydrogens is 354 g/mol. The highest BCUT2D eigenvalue weighted by molar-refractivity contribution is 5.78. The number of imidazole rings is 1. The SMILES string of the molecule is CC(C)n1cnc2cnc(Nc3ccnc(N4CC5(CCOCC5)C4)n3)cc21. The molecule has 3 aromatic rings. The minimum Gasteiger partial charge on any atom is -0.381 e. The molecular formula is C20H25N7O. The molecule has 0 saturated carbocycles. The second kappa shape index (κ2) is 6.70. The summed E-state index contributed by atoms with van der Waals surface area (Å²) >= 11 is 0. The predicted octanol–water partition coefficient (Wildman–Crippen LogP) is 3.16. The van der Waals surface area contributed by atoms with Crippen LogP contribution in [-0.2, 0) is 4.74 Å². The summed E-state index contributed by atoms with van der Waals surface area (Å²) in [4.78, 5) is 20.3. The standard InChI is InChI=1S/C20H25N7O/c1-14(2)27-13-23-15-10-22-18(9-16(15)27)24-17-3-6-21-19(25-17)26-11-20(12-26)4-7-28-8-5-20/h3,6,9-10,13-14H,4-5,7-8,11-12H2,1-2H3,(H,21,22,24,25). The maximum absolute atomic E-state index is 5.50. The van der Waals surface area contributed by atoms with E-state index in [1.165, 1.54) is 0 Å². The van der Waals surface area contributed by atoms with Gasteiger partial charge in [0, 0.05) is 50.0 Å². The van der Waals surface area contributed by atoms with Crippen LogP contribution in [0.4, 0.5) is 17.6 Å². The number of hydrogen-bond acceptors (Lipinski definition) is 7. The number of anilines is 3. The summed E-state index contributed by atoms with van der Waals surface area (Å²) in [5.41, 5.74) is 2.35. The first kappa shape index (κ1) is 17.4. The van der Waals surface area contributed by atoms with Crippen LogP contribution in [0.1, 0.15) is 32.7 Å². The number of rotatable bonds is 4. The van der Waals surface area contributed by atoms with E-state index in [1.54, 1.807) is 12.4 Å². The van der Waals surface area contributed by atoms with Gasteiger partial charge in [0.15, 0.2) is 0 Å². The van der Waals surface area contributed by atoms with Gasteiger partial charge < -0.3 is 19.5 Å². The van der Waals surface area contributed by atoms with E-state index in [4.69, 9.17) is 9.72 Å². The highest BCUT2D eigenvalue weighted by Gasteiger charge is 2.44. The van der Waals surface area contributed by atoms with Gasteiger partial charge in [-0.25, -0.2) is 15.0 Å². The van der Waals surface area contributed by atoms with Crippen LogP contribution >= 0.6 is 0 Å². The summed E-state index contributed by atoms with van der Waals surface area (Å²) in [6.45, 7) is 8.05. The molecule has 2 aliphatic heterocycles. The summed E-state index contributed by atoms with van der Waals surface area (Å²) in [6.07, 6.45) is 7.73. The van der Waals surface area contributed by atoms with Gasteiger partial charge in [0.05, 0.1) is 18.0 Å². The van der Waals surface area contributed by atoms with Crippen LogP contribution in [0.25, 0.3) is 11.0 Å². The number of nitrogens with one attached hydrogen (secondary N) is 1. The summed E-state index contributed by atoms with van der Waals surface area (Å²) in [5.74, 6) is 2.28. The topological polar surface area (TPSA) is 81.0 Å². The highest BCUT2D eigenvalue weighted by Crippen LogP contribution is 2.41. The van der Waals surface area contributed by atoms with Gasteiger partial charge in [-0.15, -0.1) is 0 Å². The maximum atomic E-state index is 5.50. The second-order valence-electron chi connectivity index (χ2n) is 8.14. The molecule has 5 heterocycles. The van der Waals surface area contributed by atoms with E-state index in [-0.39, 0.29) is 0 Å². The number of aromatic nitrogens is 5. The van der Waals surface area contributed by atoms with Gasteiger partial charge in [0.25, 0.3) is 0 Å². The van der Waals surface area contributed by atoms with Crippen molar-refractivity contribution in [1.29, 1.82) is 0 Å². The molecule has 2 saturated heterocycles. The Morgan fingerprint density at radius 1 is 1.11 bits per heavy atom. The highest BCUT2D eigenvalue weighted by atomic mass is 16.5. The van der Waals surface area contributed by atoms with Gasteiger partial charge in [-0.3, -0.25) is 0 Å². The van der Waals surface area contributed by atoms with Crippen molar-refractivity contribution in [1.82, 2.24) is 24.5 Å². The number of fused-ring (bicyclic) bond motifs is 1. The molecule has 3 aromatic heterocycles. The van der Waals surface area contributed by atoms with Crippen LogP contribution in [0.3, 0.4) is 0 Å². The average Bonchev–Trinajstić information content (AvgIpc) is 3.10. The molecule has 0 radical (unpaired) electrons. The first-order valence-corrected chi connectivity index (χ1v) is 9.87. The molecule has 28 heavy (non-hydrogen) atoms. The first-order chi connectivity index (χ1) is 13.6. The molecule has 0 aromatic carbocycles. The van der Waals surface area contributed by atoms with Gasteiger partial charge >= 0.3 is 0 Å². The van der Waals surface area contributed by atoms with Crippen molar-refractivity contribution in [2.75, 3.05) is 36.5 Å². The molecule has 1 spiro atoms. The molecule has 2 fully saturated rings. The fraction of sp³-hybridized carbons (Fsp3) is 0.500. The quantitative estimate of drug-likeness (QED) is 0.746. The lowest BCUT2D eigenvalue weighted by Crippen LogP contribution is -2.59. The number of hydrogen-bond donors (Lipinski definition) is 1. The smallest absolute Gasteiger partial charge is 0.227 e. The predicted molar refractivity (Wildman–Crippen MR) is 108 cm³/mol. The lowest BCUT2D eigenvalue weighted by atomic mass is 9.73. The van der Waals surface area contributed by atoms with Crippen molar-refractivity contribution in [2.45, 2.75) is 32.7 Å². The molecule has 0 bridgehead atoms. The molecule has 0 aliphatic carbocycles. The number of nitrogens with zero attached hydrogens (tertiary/aromatic N) is 6. The zero-order valence-corrected chi connectivity index (χ0v) is 16.3. The Morgan fingerprint density at radius 2 is 1.93 bits per heavy atom. The van der Waals surface area contributed by atoms with E-state index in [0.29, 0.717) is 11.5 Å². The fourth-order valence-electron chi connectivity index (χ4n) is 4.14. The Hall–Kier alpha value is -2.74. The van der Waals surface area contributed by atoms with Crippen molar-refractivity contribution < 1.29 is 4.74 Å². The average molecular weight is 379 g/mol. The van der Waals surface area contributed by atoms with Crippen LogP contribution in [-0.4, -0.2) is 50.8 Å². The van der Waals surface area contributed by atoms with E-state index in [0.717, 1.165) is 67.8 Å². The minimum atomic E-state index is 0.342. The normalized spacial score (nSPS) is 18.6.